The second-order valence-electron chi connectivity index (χ2n) is 7.00. The molecule has 24 heavy (non-hydrogen) atoms. The smallest absolute Gasteiger partial charge is 0.226 e. The van der Waals surface area contributed by atoms with Gasteiger partial charge in [0.05, 0.1) is 6.42 Å². The maximum atomic E-state index is 12.2. The summed E-state index contributed by atoms with van der Waals surface area (Å²) in [6.45, 7) is 4.27. The van der Waals surface area contributed by atoms with Crippen LogP contribution in [0.1, 0.15) is 31.7 Å². The van der Waals surface area contributed by atoms with Gasteiger partial charge in [-0.15, -0.1) is 0 Å². The molecule has 1 fully saturated rings. The number of carbonyl (C=O) groups is 2. The maximum Gasteiger partial charge on any atom is 0.226 e. The summed E-state index contributed by atoms with van der Waals surface area (Å²) < 4.78 is 0. The Hall–Kier alpha value is -1.88. The average Bonchev–Trinajstić information content (AvgIpc) is 2.57. The van der Waals surface area contributed by atoms with Crippen LogP contribution in [0, 0.1) is 11.8 Å². The summed E-state index contributed by atoms with van der Waals surface area (Å²) in [6.07, 6.45) is 3.33. The Labute approximate surface area is 144 Å². The third-order valence-corrected chi connectivity index (χ3v) is 4.74. The number of amides is 2. The van der Waals surface area contributed by atoms with Crippen LogP contribution in [0.2, 0.25) is 0 Å². The molecule has 1 aliphatic rings. The molecule has 0 aromatic heterocycles. The van der Waals surface area contributed by atoms with E-state index in [2.05, 4.69) is 17.6 Å². The van der Waals surface area contributed by atoms with Gasteiger partial charge in [0, 0.05) is 26.2 Å². The largest absolute Gasteiger partial charge is 0.349 e. The van der Waals surface area contributed by atoms with Gasteiger partial charge in [0.15, 0.2) is 0 Å². The highest BCUT2D eigenvalue weighted by Crippen LogP contribution is 2.23. The number of hydrogen-bond donors (Lipinski definition) is 2. The molecule has 2 rings (SSSR count). The molecule has 1 aliphatic heterocycles. The number of rotatable bonds is 6. The Morgan fingerprint density at radius 1 is 1.29 bits per heavy atom. The van der Waals surface area contributed by atoms with Crippen LogP contribution in [-0.2, 0) is 16.0 Å². The van der Waals surface area contributed by atoms with Crippen molar-refractivity contribution in [2.75, 3.05) is 32.5 Å². The number of carbonyl (C=O) groups excluding carboxylic acids is 2. The van der Waals surface area contributed by atoms with Crippen LogP contribution in [0.25, 0.3) is 0 Å². The highest BCUT2D eigenvalue weighted by Gasteiger charge is 2.22. The van der Waals surface area contributed by atoms with Crippen molar-refractivity contribution < 1.29 is 9.59 Å². The van der Waals surface area contributed by atoms with Crippen LogP contribution in [0.4, 0.5) is 5.69 Å². The van der Waals surface area contributed by atoms with Crippen molar-refractivity contribution in [2.45, 2.75) is 32.6 Å². The quantitative estimate of drug-likeness (QED) is 0.841. The maximum absolute atomic E-state index is 12.2. The number of benzene rings is 1. The highest BCUT2D eigenvalue weighted by atomic mass is 16.2. The van der Waals surface area contributed by atoms with Gasteiger partial charge in [0.25, 0.3) is 0 Å². The summed E-state index contributed by atoms with van der Waals surface area (Å²) in [4.78, 5) is 25.5. The SMILES string of the molecule is CC(CC(=O)Nc1ccc(CC(=O)N(C)C)cc1)C1CCCNC1. The fourth-order valence-corrected chi connectivity index (χ4v) is 3.07. The zero-order valence-corrected chi connectivity index (χ0v) is 15.0. The van der Waals surface area contributed by atoms with Crippen molar-refractivity contribution in [3.63, 3.8) is 0 Å². The van der Waals surface area contributed by atoms with Crippen molar-refractivity contribution in [1.82, 2.24) is 10.2 Å². The number of hydrogen-bond acceptors (Lipinski definition) is 3. The van der Waals surface area contributed by atoms with Crippen molar-refractivity contribution in [3.05, 3.63) is 29.8 Å². The van der Waals surface area contributed by atoms with E-state index < -0.39 is 0 Å². The van der Waals surface area contributed by atoms with E-state index in [1.54, 1.807) is 19.0 Å². The first-order valence-electron chi connectivity index (χ1n) is 8.75. The third-order valence-electron chi connectivity index (χ3n) is 4.74. The Balaban J connectivity index is 1.82. The van der Waals surface area contributed by atoms with Crippen LogP contribution in [0.5, 0.6) is 0 Å². The highest BCUT2D eigenvalue weighted by molar-refractivity contribution is 5.90. The fraction of sp³-hybridized carbons (Fsp3) is 0.579. The molecule has 0 aliphatic carbocycles. The molecule has 2 amide bonds. The Kier molecular flexibility index (Phi) is 6.79. The van der Waals surface area contributed by atoms with E-state index in [4.69, 9.17) is 0 Å². The van der Waals surface area contributed by atoms with Crippen molar-refractivity contribution in [3.8, 4) is 0 Å². The van der Waals surface area contributed by atoms with E-state index >= 15 is 0 Å². The van der Waals surface area contributed by atoms with E-state index in [0.29, 0.717) is 24.7 Å². The van der Waals surface area contributed by atoms with Gasteiger partial charge >= 0.3 is 0 Å². The normalized spacial score (nSPS) is 18.7. The molecule has 1 saturated heterocycles. The molecular formula is C19H29N3O2. The minimum atomic E-state index is 0.0604. The third kappa shape index (κ3) is 5.64. The summed E-state index contributed by atoms with van der Waals surface area (Å²) >= 11 is 0. The van der Waals surface area contributed by atoms with Gasteiger partial charge in [-0.25, -0.2) is 0 Å². The summed E-state index contributed by atoms with van der Waals surface area (Å²) in [5, 5.41) is 6.37. The van der Waals surface area contributed by atoms with Gasteiger partial charge < -0.3 is 15.5 Å². The molecule has 132 valence electrons. The Bertz CT molecular complexity index is 548. The number of piperidine rings is 1. The molecular weight excluding hydrogens is 302 g/mol. The van der Waals surface area contributed by atoms with E-state index in [0.717, 1.165) is 24.3 Å². The molecule has 1 aromatic carbocycles. The van der Waals surface area contributed by atoms with Gasteiger partial charge in [-0.2, -0.15) is 0 Å². The molecule has 0 bridgehead atoms. The molecule has 0 saturated carbocycles. The van der Waals surface area contributed by atoms with Gasteiger partial charge in [-0.3, -0.25) is 9.59 Å². The molecule has 5 nitrogen and oxygen atoms in total. The number of nitrogens with zero attached hydrogens (tertiary/aromatic N) is 1. The molecule has 1 aromatic rings. The molecule has 0 radical (unpaired) electrons. The van der Waals surface area contributed by atoms with E-state index in [1.807, 2.05) is 24.3 Å². The monoisotopic (exact) mass is 331 g/mol. The second kappa shape index (κ2) is 8.83. The van der Waals surface area contributed by atoms with Crippen LogP contribution in [0.15, 0.2) is 24.3 Å². The van der Waals surface area contributed by atoms with Crippen molar-refractivity contribution in [2.24, 2.45) is 11.8 Å². The zero-order valence-electron chi connectivity index (χ0n) is 15.0. The summed E-state index contributed by atoms with van der Waals surface area (Å²) in [5.41, 5.74) is 1.74. The van der Waals surface area contributed by atoms with Gasteiger partial charge in [-0.05, 0) is 55.5 Å². The summed E-state index contributed by atoms with van der Waals surface area (Å²) in [5.74, 6) is 1.10. The van der Waals surface area contributed by atoms with Gasteiger partial charge in [0.1, 0.15) is 0 Å². The lowest BCUT2D eigenvalue weighted by molar-refractivity contribution is -0.128. The summed E-state index contributed by atoms with van der Waals surface area (Å²) in [6, 6.07) is 7.52. The van der Waals surface area contributed by atoms with Gasteiger partial charge in [-0.1, -0.05) is 19.1 Å². The van der Waals surface area contributed by atoms with Crippen LogP contribution in [-0.4, -0.2) is 43.9 Å². The molecule has 1 heterocycles. The second-order valence-corrected chi connectivity index (χ2v) is 7.00. The molecule has 0 spiro atoms. The van der Waals surface area contributed by atoms with Crippen LogP contribution < -0.4 is 10.6 Å². The number of nitrogens with one attached hydrogen (secondary N) is 2. The van der Waals surface area contributed by atoms with Crippen molar-refractivity contribution >= 4 is 17.5 Å². The topological polar surface area (TPSA) is 61.4 Å². The number of likely N-dealkylation sites (N-methyl/N-ethyl adjacent to an activating group) is 1. The van der Waals surface area contributed by atoms with E-state index in [-0.39, 0.29) is 11.8 Å². The Morgan fingerprint density at radius 3 is 2.58 bits per heavy atom. The first-order valence-corrected chi connectivity index (χ1v) is 8.75. The first-order chi connectivity index (χ1) is 11.5. The van der Waals surface area contributed by atoms with Crippen LogP contribution in [0.3, 0.4) is 0 Å². The lowest BCUT2D eigenvalue weighted by Crippen LogP contribution is -2.34. The average molecular weight is 331 g/mol. The lowest BCUT2D eigenvalue weighted by Gasteiger charge is -2.28. The first kappa shape index (κ1) is 18.5. The minimum Gasteiger partial charge on any atom is -0.349 e. The number of anilines is 1. The summed E-state index contributed by atoms with van der Waals surface area (Å²) in [7, 11) is 3.50. The van der Waals surface area contributed by atoms with Gasteiger partial charge in [0.2, 0.25) is 11.8 Å². The Morgan fingerprint density at radius 2 is 2.00 bits per heavy atom. The van der Waals surface area contributed by atoms with E-state index in [1.165, 1.54) is 12.8 Å². The predicted octanol–water partition coefficient (Wildman–Crippen LogP) is 2.28. The predicted molar refractivity (Wildman–Crippen MR) is 96.8 cm³/mol. The standard InChI is InChI=1S/C19H29N3O2/c1-14(16-5-4-10-20-13-16)11-18(23)21-17-8-6-15(7-9-17)12-19(24)22(2)3/h6-9,14,16,20H,4-5,10-13H2,1-3H3,(H,21,23). The molecule has 2 N–H and O–H groups in total. The fourth-order valence-electron chi connectivity index (χ4n) is 3.07. The van der Waals surface area contributed by atoms with Crippen LogP contribution >= 0.6 is 0 Å². The lowest BCUT2D eigenvalue weighted by atomic mass is 9.85. The minimum absolute atomic E-state index is 0.0604. The molecule has 2 atom stereocenters. The molecule has 2 unspecified atom stereocenters. The van der Waals surface area contributed by atoms with Crippen molar-refractivity contribution in [1.29, 1.82) is 0 Å². The van der Waals surface area contributed by atoms with E-state index in [9.17, 15) is 9.59 Å². The zero-order chi connectivity index (χ0) is 17.5. The molecule has 5 heteroatoms.